The monoisotopic (exact) mass is 517 g/mol. The Bertz CT molecular complexity index is 1130. The molecule has 2 aliphatic carbocycles. The van der Waals surface area contributed by atoms with Crippen molar-refractivity contribution in [3.8, 4) is 5.75 Å². The van der Waals surface area contributed by atoms with Crippen LogP contribution in [0.2, 0.25) is 0 Å². The molecule has 5 rings (SSSR count). The summed E-state index contributed by atoms with van der Waals surface area (Å²) in [7, 11) is 0. The summed E-state index contributed by atoms with van der Waals surface area (Å²) in [4.78, 5) is 33.5. The second-order valence-electron chi connectivity index (χ2n) is 10.1. The Kier molecular flexibility index (Phi) is 8.61. The van der Waals surface area contributed by atoms with E-state index in [9.17, 15) is 9.59 Å². The van der Waals surface area contributed by atoms with Crippen LogP contribution in [0.4, 0.5) is 5.69 Å². The number of nitrogens with zero attached hydrogens (tertiary/aromatic N) is 2. The zero-order valence-electron chi connectivity index (χ0n) is 21.2. The number of amidine groups is 1. The van der Waals surface area contributed by atoms with Crippen LogP contribution in [-0.4, -0.2) is 40.6 Å². The first-order valence-corrected chi connectivity index (χ1v) is 14.4. The first kappa shape index (κ1) is 25.6. The molecular weight excluding hydrogens is 482 g/mol. The molecule has 0 unspecified atom stereocenters. The predicted octanol–water partition coefficient (Wildman–Crippen LogP) is 6.64. The maximum atomic E-state index is 13.5. The second-order valence-corrected chi connectivity index (χ2v) is 11.1. The third kappa shape index (κ3) is 6.83. The zero-order chi connectivity index (χ0) is 25.5. The van der Waals surface area contributed by atoms with Gasteiger partial charge < -0.3 is 10.1 Å². The molecule has 3 aliphatic rings. The number of benzene rings is 2. The third-order valence-corrected chi connectivity index (χ3v) is 8.25. The summed E-state index contributed by atoms with van der Waals surface area (Å²) in [5.74, 6) is 0.487. The molecule has 0 bridgehead atoms. The summed E-state index contributed by atoms with van der Waals surface area (Å²) in [5, 5.41) is 3.71. The summed E-state index contributed by atoms with van der Waals surface area (Å²) < 4.78 is 5.65. The number of carbonyl (C=O) groups is 2. The van der Waals surface area contributed by atoms with E-state index in [-0.39, 0.29) is 24.5 Å². The minimum atomic E-state index is -0.210. The lowest BCUT2D eigenvalue weighted by atomic mass is 9.94. The molecule has 0 atom stereocenters. The lowest BCUT2D eigenvalue weighted by Gasteiger charge is -2.31. The minimum absolute atomic E-state index is 0.0684. The van der Waals surface area contributed by atoms with E-state index in [1.54, 1.807) is 0 Å². The van der Waals surface area contributed by atoms with Crippen LogP contribution in [0.5, 0.6) is 5.75 Å². The Morgan fingerprint density at radius 2 is 1.62 bits per heavy atom. The molecule has 1 heterocycles. The van der Waals surface area contributed by atoms with Gasteiger partial charge in [0.2, 0.25) is 0 Å². The van der Waals surface area contributed by atoms with E-state index in [4.69, 9.17) is 9.73 Å². The molecule has 2 aromatic carbocycles. The van der Waals surface area contributed by atoms with E-state index >= 15 is 0 Å². The largest absolute Gasteiger partial charge is 0.484 e. The first-order chi connectivity index (χ1) is 18.2. The van der Waals surface area contributed by atoms with E-state index in [1.165, 1.54) is 50.3 Å². The molecule has 3 fully saturated rings. The fourth-order valence-electron chi connectivity index (χ4n) is 5.28. The molecule has 0 radical (unpaired) electrons. The average Bonchev–Trinajstić information content (AvgIpc) is 3.23. The number of thioether (sulfide) groups is 1. The lowest BCUT2D eigenvalue weighted by molar-refractivity contribution is -0.124. The van der Waals surface area contributed by atoms with Gasteiger partial charge in [0.15, 0.2) is 11.8 Å². The SMILES string of the molecule is O=C(COc1ccc(C=C2SC(=NC3CCCCC3)N(C3CCCCC3)C2=O)cc1)Nc1ccccc1. The van der Waals surface area contributed by atoms with E-state index < -0.39 is 0 Å². The number of aliphatic imine (C=N–C) groups is 1. The summed E-state index contributed by atoms with van der Waals surface area (Å²) in [6.07, 6.45) is 13.7. The standard InChI is InChI=1S/C30H35N3O3S/c34-28(31-23-10-4-1-5-11-23)21-36-26-18-16-22(17-19-26)20-27-29(35)33(25-14-8-3-9-15-25)30(37-27)32-24-12-6-2-7-13-24/h1,4-5,10-11,16-20,24-25H,2-3,6-9,12-15,21H2,(H,31,34). The van der Waals surface area contributed by atoms with Crippen molar-refractivity contribution in [2.45, 2.75) is 76.3 Å². The van der Waals surface area contributed by atoms with Gasteiger partial charge in [-0.3, -0.25) is 19.5 Å². The van der Waals surface area contributed by atoms with Gasteiger partial charge >= 0.3 is 0 Å². The van der Waals surface area contributed by atoms with E-state index in [2.05, 4.69) is 5.32 Å². The van der Waals surface area contributed by atoms with Crippen molar-refractivity contribution in [2.24, 2.45) is 4.99 Å². The van der Waals surface area contributed by atoms with Crippen molar-refractivity contribution >= 4 is 40.5 Å². The molecule has 2 saturated carbocycles. The van der Waals surface area contributed by atoms with Crippen molar-refractivity contribution in [1.29, 1.82) is 0 Å². The Morgan fingerprint density at radius 1 is 0.946 bits per heavy atom. The molecule has 1 saturated heterocycles. The van der Waals surface area contributed by atoms with Crippen LogP contribution in [0.3, 0.4) is 0 Å². The number of amides is 2. The number of rotatable bonds is 7. The fraction of sp³-hybridized carbons (Fsp3) is 0.433. The molecule has 2 amide bonds. The lowest BCUT2D eigenvalue weighted by Crippen LogP contribution is -2.41. The van der Waals surface area contributed by atoms with Gasteiger partial charge in [0.05, 0.1) is 10.9 Å². The number of nitrogens with one attached hydrogen (secondary N) is 1. The van der Waals surface area contributed by atoms with Gasteiger partial charge in [0, 0.05) is 11.7 Å². The molecule has 194 valence electrons. The fourth-order valence-corrected chi connectivity index (χ4v) is 6.39. The van der Waals surface area contributed by atoms with Crippen LogP contribution < -0.4 is 10.1 Å². The van der Waals surface area contributed by atoms with Gasteiger partial charge in [-0.15, -0.1) is 0 Å². The molecule has 6 nitrogen and oxygen atoms in total. The van der Waals surface area contributed by atoms with Crippen LogP contribution in [0.1, 0.15) is 69.8 Å². The number of ether oxygens (including phenoxy) is 1. The average molecular weight is 518 g/mol. The zero-order valence-corrected chi connectivity index (χ0v) is 22.1. The Balaban J connectivity index is 1.24. The molecule has 7 heteroatoms. The molecular formula is C30H35N3O3S. The highest BCUT2D eigenvalue weighted by molar-refractivity contribution is 8.18. The van der Waals surface area contributed by atoms with Gasteiger partial charge in [-0.05, 0) is 73.4 Å². The van der Waals surface area contributed by atoms with Crippen LogP contribution in [0, 0.1) is 0 Å². The van der Waals surface area contributed by atoms with E-state index in [1.807, 2.05) is 65.6 Å². The van der Waals surface area contributed by atoms with Crippen LogP contribution in [0.25, 0.3) is 6.08 Å². The number of hydrogen-bond donors (Lipinski definition) is 1. The summed E-state index contributed by atoms with van der Waals surface area (Å²) in [6.45, 7) is -0.0684. The quantitative estimate of drug-likeness (QED) is 0.418. The minimum Gasteiger partial charge on any atom is -0.484 e. The van der Waals surface area contributed by atoms with Gasteiger partial charge in [-0.1, -0.05) is 68.9 Å². The Hall–Kier alpha value is -3.06. The number of anilines is 1. The summed E-state index contributed by atoms with van der Waals surface area (Å²) in [5.41, 5.74) is 1.67. The van der Waals surface area contributed by atoms with Crippen molar-refractivity contribution in [2.75, 3.05) is 11.9 Å². The van der Waals surface area contributed by atoms with Crippen molar-refractivity contribution < 1.29 is 14.3 Å². The van der Waals surface area contributed by atoms with E-state index in [0.29, 0.717) is 11.8 Å². The Labute approximate surface area is 223 Å². The summed E-state index contributed by atoms with van der Waals surface area (Å²) >= 11 is 1.53. The third-order valence-electron chi connectivity index (χ3n) is 7.25. The molecule has 1 N–H and O–H groups in total. The second kappa shape index (κ2) is 12.5. The first-order valence-electron chi connectivity index (χ1n) is 13.5. The highest BCUT2D eigenvalue weighted by atomic mass is 32.2. The highest BCUT2D eigenvalue weighted by Crippen LogP contribution is 2.38. The predicted molar refractivity (Wildman–Crippen MR) is 151 cm³/mol. The van der Waals surface area contributed by atoms with Gasteiger partial charge in [0.25, 0.3) is 11.8 Å². The molecule has 37 heavy (non-hydrogen) atoms. The smallest absolute Gasteiger partial charge is 0.266 e. The van der Waals surface area contributed by atoms with Crippen LogP contribution >= 0.6 is 11.8 Å². The van der Waals surface area contributed by atoms with Crippen molar-refractivity contribution in [3.63, 3.8) is 0 Å². The number of hydrogen-bond acceptors (Lipinski definition) is 5. The van der Waals surface area contributed by atoms with Crippen molar-refractivity contribution in [1.82, 2.24) is 4.90 Å². The van der Waals surface area contributed by atoms with Gasteiger partial charge in [-0.25, -0.2) is 0 Å². The van der Waals surface area contributed by atoms with Crippen molar-refractivity contribution in [3.05, 3.63) is 65.1 Å². The molecule has 0 spiro atoms. The highest BCUT2D eigenvalue weighted by Gasteiger charge is 2.39. The van der Waals surface area contributed by atoms with Crippen LogP contribution in [0.15, 0.2) is 64.5 Å². The topological polar surface area (TPSA) is 71.0 Å². The molecule has 1 aliphatic heterocycles. The maximum Gasteiger partial charge on any atom is 0.266 e. The molecule has 0 aromatic heterocycles. The van der Waals surface area contributed by atoms with E-state index in [0.717, 1.165) is 47.0 Å². The van der Waals surface area contributed by atoms with Gasteiger partial charge in [0.1, 0.15) is 5.75 Å². The number of carbonyl (C=O) groups excluding carboxylic acids is 2. The Morgan fingerprint density at radius 3 is 2.32 bits per heavy atom. The molecule has 2 aromatic rings. The van der Waals surface area contributed by atoms with Crippen LogP contribution in [-0.2, 0) is 9.59 Å². The normalized spacial score (nSPS) is 21.5. The van der Waals surface area contributed by atoms with Gasteiger partial charge in [-0.2, -0.15) is 0 Å². The summed E-state index contributed by atoms with van der Waals surface area (Å²) in [6, 6.07) is 17.4. The maximum absolute atomic E-state index is 13.5. The number of para-hydroxylation sites is 1.